The molecule has 0 aliphatic heterocycles. The van der Waals surface area contributed by atoms with Crippen molar-refractivity contribution >= 4 is 0 Å². The van der Waals surface area contributed by atoms with Gasteiger partial charge in [-0.05, 0) is 25.7 Å². The molecule has 0 atom stereocenters. The summed E-state index contributed by atoms with van der Waals surface area (Å²) in [7, 11) is 0. The van der Waals surface area contributed by atoms with Gasteiger partial charge in [0.05, 0.1) is 0 Å². The molecule has 0 heterocycles. The Hall–Kier alpha value is -0.260. The fraction of sp³-hybridized carbons (Fsp3) is 0.929. The van der Waals surface area contributed by atoms with Gasteiger partial charge in [0, 0.05) is 0 Å². The van der Waals surface area contributed by atoms with E-state index in [9.17, 15) is 0 Å². The van der Waals surface area contributed by atoms with Gasteiger partial charge in [-0.15, -0.1) is 0 Å². The molecule has 0 aromatic carbocycles. The van der Waals surface area contributed by atoms with Crippen molar-refractivity contribution < 1.29 is 0 Å². The van der Waals surface area contributed by atoms with Crippen LogP contribution in [0.25, 0.3) is 0 Å². The topological polar surface area (TPSA) is 0 Å². The summed E-state index contributed by atoms with van der Waals surface area (Å²) in [5.41, 5.74) is 0. The lowest BCUT2D eigenvalue weighted by atomic mass is 10.0. The second-order valence-corrected chi connectivity index (χ2v) is 9.12. The smallest absolute Gasteiger partial charge is 0.0351 e. The summed E-state index contributed by atoms with van der Waals surface area (Å²) in [5, 5.41) is 0. The Balaban J connectivity index is 3.02. The molecule has 0 fully saturated rings. The molecule has 0 nitrogen and oxygen atoms in total. The molecule has 0 aliphatic carbocycles. The Morgan fingerprint density at radius 3 is 0.786 bits per heavy atom. The summed E-state index contributed by atoms with van der Waals surface area (Å²) in [5.74, 6) is 0. The summed E-state index contributed by atoms with van der Waals surface area (Å²) in [6, 6.07) is 0. The van der Waals surface area contributed by atoms with E-state index >= 15 is 0 Å². The van der Waals surface area contributed by atoms with Crippen LogP contribution in [0.4, 0.5) is 0 Å². The fourth-order valence-corrected chi connectivity index (χ4v) is 4.09. The van der Waals surface area contributed by atoms with Gasteiger partial charge in [-0.2, -0.15) is 0 Å². The maximum atomic E-state index is 2.43. The summed E-state index contributed by atoms with van der Waals surface area (Å²) < 4.78 is 0. The van der Waals surface area contributed by atoms with Gasteiger partial charge in [-0.3, -0.25) is 0 Å². The summed E-state index contributed by atoms with van der Waals surface area (Å²) in [6.07, 6.45) is 39.4. The molecule has 0 radical (unpaired) electrons. The van der Waals surface area contributed by atoms with Crippen molar-refractivity contribution in [3.8, 4) is 0 Å². The number of rotatable bonds is 24. The summed E-state index contributed by atoms with van der Waals surface area (Å²) >= 11 is 0. The van der Waals surface area contributed by atoms with E-state index in [2.05, 4.69) is 26.0 Å². The maximum Gasteiger partial charge on any atom is -0.0351 e. The largest absolute Gasteiger partial charge is 0.0885 e. The van der Waals surface area contributed by atoms with Crippen LogP contribution in [0.15, 0.2) is 12.2 Å². The predicted molar refractivity (Wildman–Crippen MR) is 131 cm³/mol. The van der Waals surface area contributed by atoms with Crippen LogP contribution in [0, 0.1) is 0 Å². The van der Waals surface area contributed by atoms with Crippen molar-refractivity contribution in [1.29, 1.82) is 0 Å². The molecule has 0 spiro atoms. The molecule has 0 heteroatoms. The third-order valence-corrected chi connectivity index (χ3v) is 6.12. The van der Waals surface area contributed by atoms with Crippen LogP contribution in [-0.4, -0.2) is 0 Å². The lowest BCUT2D eigenvalue weighted by molar-refractivity contribution is 0.525. The third kappa shape index (κ3) is 25.7. The first kappa shape index (κ1) is 27.7. The fourth-order valence-electron chi connectivity index (χ4n) is 4.09. The molecular weight excluding hydrogens is 336 g/mol. The zero-order valence-electron chi connectivity index (χ0n) is 20.1. The van der Waals surface area contributed by atoms with Crippen LogP contribution in [0.2, 0.25) is 0 Å². The minimum Gasteiger partial charge on any atom is -0.0885 e. The zero-order valence-corrected chi connectivity index (χ0v) is 20.1. The first-order chi connectivity index (χ1) is 13.9. The molecule has 0 aliphatic rings. The van der Waals surface area contributed by atoms with E-state index in [4.69, 9.17) is 0 Å². The van der Waals surface area contributed by atoms with E-state index in [-0.39, 0.29) is 0 Å². The monoisotopic (exact) mass is 392 g/mol. The van der Waals surface area contributed by atoms with Gasteiger partial charge in [0.1, 0.15) is 0 Å². The highest BCUT2D eigenvalue weighted by Gasteiger charge is 1.95. The van der Waals surface area contributed by atoms with Crippen LogP contribution < -0.4 is 0 Å². The summed E-state index contributed by atoms with van der Waals surface area (Å²) in [6.45, 7) is 4.59. The van der Waals surface area contributed by atoms with Crippen molar-refractivity contribution in [2.45, 2.75) is 168 Å². The Labute approximate surface area is 180 Å². The van der Waals surface area contributed by atoms with E-state index in [1.54, 1.807) is 0 Å². The first-order valence-electron chi connectivity index (χ1n) is 13.6. The Morgan fingerprint density at radius 1 is 0.286 bits per heavy atom. The van der Waals surface area contributed by atoms with Gasteiger partial charge < -0.3 is 0 Å². The number of hydrogen-bond donors (Lipinski definition) is 0. The average molecular weight is 393 g/mol. The Bertz CT molecular complexity index is 278. The van der Waals surface area contributed by atoms with Crippen LogP contribution in [0.1, 0.15) is 168 Å². The van der Waals surface area contributed by atoms with Crippen molar-refractivity contribution in [2.75, 3.05) is 0 Å². The van der Waals surface area contributed by atoms with E-state index in [0.29, 0.717) is 0 Å². The van der Waals surface area contributed by atoms with Gasteiger partial charge >= 0.3 is 0 Å². The van der Waals surface area contributed by atoms with Gasteiger partial charge in [0.25, 0.3) is 0 Å². The molecule has 0 saturated carbocycles. The van der Waals surface area contributed by atoms with Gasteiger partial charge in [-0.1, -0.05) is 154 Å². The quantitative estimate of drug-likeness (QED) is 0.113. The predicted octanol–water partition coefficient (Wildman–Crippen LogP) is 10.9. The second kappa shape index (κ2) is 26.7. The van der Waals surface area contributed by atoms with Crippen LogP contribution >= 0.6 is 0 Å². The number of hydrogen-bond acceptors (Lipinski definition) is 0. The normalized spacial score (nSPS) is 11.6. The molecule has 0 aromatic heterocycles. The highest BCUT2D eigenvalue weighted by Crippen LogP contribution is 2.14. The minimum absolute atomic E-state index is 1.30. The van der Waals surface area contributed by atoms with Crippen LogP contribution in [-0.2, 0) is 0 Å². The molecule has 0 aromatic rings. The Morgan fingerprint density at radius 2 is 0.500 bits per heavy atom. The van der Waals surface area contributed by atoms with Crippen molar-refractivity contribution in [3.63, 3.8) is 0 Å². The Kier molecular flexibility index (Phi) is 26.5. The standard InChI is InChI=1S/C28H56/c1-3-5-7-9-11-13-15-17-19-21-23-25-27-28-26-24-22-20-18-16-14-12-10-8-6-4-2/h13,15H,3-12,14,16-28H2,1-2H3/b15-13+. The molecule has 168 valence electrons. The van der Waals surface area contributed by atoms with E-state index in [1.165, 1.54) is 154 Å². The third-order valence-electron chi connectivity index (χ3n) is 6.12. The molecule has 28 heavy (non-hydrogen) atoms. The van der Waals surface area contributed by atoms with Crippen molar-refractivity contribution in [3.05, 3.63) is 12.2 Å². The molecular formula is C28H56. The molecule has 0 saturated heterocycles. The van der Waals surface area contributed by atoms with E-state index in [1.807, 2.05) is 0 Å². The zero-order chi connectivity index (χ0) is 20.4. The van der Waals surface area contributed by atoms with Gasteiger partial charge in [-0.25, -0.2) is 0 Å². The summed E-state index contributed by atoms with van der Waals surface area (Å²) in [4.78, 5) is 0. The molecule has 0 bridgehead atoms. The number of allylic oxidation sites excluding steroid dienone is 2. The van der Waals surface area contributed by atoms with E-state index < -0.39 is 0 Å². The highest BCUT2D eigenvalue weighted by atomic mass is 14.0. The van der Waals surface area contributed by atoms with Gasteiger partial charge in [0.15, 0.2) is 0 Å². The molecule has 0 unspecified atom stereocenters. The lowest BCUT2D eigenvalue weighted by Gasteiger charge is -2.03. The molecule has 0 amide bonds. The SMILES string of the molecule is CCCCCC/C=C/CCCCCCCCCCCCCCCCCCCC. The average Bonchev–Trinajstić information content (AvgIpc) is 2.71. The molecule has 0 rings (SSSR count). The van der Waals surface area contributed by atoms with Crippen LogP contribution in [0.3, 0.4) is 0 Å². The maximum absolute atomic E-state index is 2.43. The van der Waals surface area contributed by atoms with Crippen LogP contribution in [0.5, 0.6) is 0 Å². The molecule has 0 N–H and O–H groups in total. The minimum atomic E-state index is 1.30. The van der Waals surface area contributed by atoms with E-state index in [0.717, 1.165) is 0 Å². The second-order valence-electron chi connectivity index (χ2n) is 9.12. The number of unbranched alkanes of at least 4 members (excludes halogenated alkanes) is 22. The van der Waals surface area contributed by atoms with Gasteiger partial charge in [0.2, 0.25) is 0 Å². The first-order valence-corrected chi connectivity index (χ1v) is 13.6. The highest BCUT2D eigenvalue weighted by molar-refractivity contribution is 4.81. The van der Waals surface area contributed by atoms with Crippen molar-refractivity contribution in [1.82, 2.24) is 0 Å². The lowest BCUT2D eigenvalue weighted by Crippen LogP contribution is -1.84. The van der Waals surface area contributed by atoms with Crippen molar-refractivity contribution in [2.24, 2.45) is 0 Å².